The molecule has 19 heavy (non-hydrogen) atoms. The van der Waals surface area contributed by atoms with Crippen LogP contribution in [0.4, 0.5) is 5.82 Å². The molecule has 102 valence electrons. The van der Waals surface area contributed by atoms with E-state index in [4.69, 9.17) is 4.74 Å². The predicted molar refractivity (Wildman–Crippen MR) is 79.0 cm³/mol. The Morgan fingerprint density at radius 2 is 2.26 bits per heavy atom. The fourth-order valence-corrected chi connectivity index (χ4v) is 3.53. The van der Waals surface area contributed by atoms with Crippen LogP contribution in [0.3, 0.4) is 0 Å². The summed E-state index contributed by atoms with van der Waals surface area (Å²) in [5.74, 6) is 1.76. The van der Waals surface area contributed by atoms with Gasteiger partial charge in [0.05, 0.1) is 11.0 Å². The average molecular weight is 277 g/mol. The van der Waals surface area contributed by atoms with Crippen LogP contribution >= 0.6 is 11.3 Å². The number of fused-ring (bicyclic) bond motifs is 1. The minimum atomic E-state index is -0.0604. The molecule has 1 aliphatic rings. The zero-order chi connectivity index (χ0) is 13.5. The van der Waals surface area contributed by atoms with Crippen molar-refractivity contribution < 1.29 is 4.74 Å². The number of rotatable bonds is 3. The van der Waals surface area contributed by atoms with E-state index in [2.05, 4.69) is 34.5 Å². The molecule has 1 unspecified atom stereocenters. The van der Waals surface area contributed by atoms with Gasteiger partial charge in [0.15, 0.2) is 0 Å². The monoisotopic (exact) mass is 277 g/mol. The summed E-state index contributed by atoms with van der Waals surface area (Å²) in [6.45, 7) is 7.88. The van der Waals surface area contributed by atoms with Gasteiger partial charge < -0.3 is 10.1 Å². The molecule has 1 atom stereocenters. The van der Waals surface area contributed by atoms with Gasteiger partial charge in [0.1, 0.15) is 16.5 Å². The number of aryl methyl sites for hydroxylation is 2. The second kappa shape index (κ2) is 4.72. The van der Waals surface area contributed by atoms with Gasteiger partial charge in [0.2, 0.25) is 0 Å². The maximum absolute atomic E-state index is 5.81. The van der Waals surface area contributed by atoms with E-state index in [0.29, 0.717) is 0 Å². The van der Waals surface area contributed by atoms with Gasteiger partial charge in [0.25, 0.3) is 0 Å². The molecule has 0 bridgehead atoms. The highest BCUT2D eigenvalue weighted by atomic mass is 32.1. The van der Waals surface area contributed by atoms with Crippen LogP contribution in [-0.2, 0) is 4.74 Å². The summed E-state index contributed by atoms with van der Waals surface area (Å²) in [6.07, 6.45) is 2.25. The number of nitrogens with one attached hydrogen (secondary N) is 1. The van der Waals surface area contributed by atoms with E-state index in [1.54, 1.807) is 11.3 Å². The summed E-state index contributed by atoms with van der Waals surface area (Å²) in [6, 6.07) is 0. The molecule has 0 amide bonds. The summed E-state index contributed by atoms with van der Waals surface area (Å²) in [5.41, 5.74) is 1.18. The zero-order valence-corrected chi connectivity index (χ0v) is 12.4. The van der Waals surface area contributed by atoms with Crippen molar-refractivity contribution in [1.82, 2.24) is 9.97 Å². The first-order chi connectivity index (χ1) is 9.07. The highest BCUT2D eigenvalue weighted by molar-refractivity contribution is 7.17. The minimum Gasteiger partial charge on any atom is -0.373 e. The summed E-state index contributed by atoms with van der Waals surface area (Å²) in [4.78, 5) is 10.1. The largest absolute Gasteiger partial charge is 0.373 e. The predicted octanol–water partition coefficient (Wildman–Crippen LogP) is 3.29. The molecule has 0 saturated carbocycles. The van der Waals surface area contributed by atoms with E-state index in [0.717, 1.165) is 47.9 Å². The lowest BCUT2D eigenvalue weighted by Gasteiger charge is -2.24. The van der Waals surface area contributed by atoms with E-state index in [1.807, 2.05) is 6.92 Å². The Kier molecular flexibility index (Phi) is 3.19. The number of aromatic nitrogens is 2. The van der Waals surface area contributed by atoms with Crippen LogP contribution in [0, 0.1) is 13.8 Å². The molecule has 2 aromatic heterocycles. The van der Waals surface area contributed by atoms with Crippen LogP contribution < -0.4 is 5.32 Å². The average Bonchev–Trinajstić information content (AvgIpc) is 2.94. The molecule has 0 aliphatic carbocycles. The molecule has 3 heterocycles. The van der Waals surface area contributed by atoms with Crippen molar-refractivity contribution in [3.8, 4) is 0 Å². The van der Waals surface area contributed by atoms with E-state index >= 15 is 0 Å². The van der Waals surface area contributed by atoms with Crippen molar-refractivity contribution in [2.45, 2.75) is 39.2 Å². The number of nitrogens with zero attached hydrogens (tertiary/aromatic N) is 2. The lowest BCUT2D eigenvalue weighted by atomic mass is 10.0. The first-order valence-electron chi connectivity index (χ1n) is 6.68. The second-order valence-electron chi connectivity index (χ2n) is 5.47. The van der Waals surface area contributed by atoms with Crippen molar-refractivity contribution in [2.24, 2.45) is 0 Å². The lowest BCUT2D eigenvalue weighted by molar-refractivity contribution is 0.0315. The van der Waals surface area contributed by atoms with E-state index < -0.39 is 0 Å². The number of hydrogen-bond acceptors (Lipinski definition) is 5. The third-order valence-electron chi connectivity index (χ3n) is 3.66. The van der Waals surface area contributed by atoms with Crippen LogP contribution in [0.1, 0.15) is 31.2 Å². The van der Waals surface area contributed by atoms with Crippen LogP contribution in [0.25, 0.3) is 10.2 Å². The molecule has 5 heteroatoms. The fourth-order valence-electron chi connectivity index (χ4n) is 2.57. The van der Waals surface area contributed by atoms with Crippen LogP contribution in [0.15, 0.2) is 5.38 Å². The first kappa shape index (κ1) is 12.8. The van der Waals surface area contributed by atoms with Crippen LogP contribution in [0.5, 0.6) is 0 Å². The Labute approximate surface area is 117 Å². The van der Waals surface area contributed by atoms with Crippen molar-refractivity contribution in [1.29, 1.82) is 0 Å². The summed E-state index contributed by atoms with van der Waals surface area (Å²) in [5, 5.41) is 6.76. The Bertz CT molecular complexity index is 602. The van der Waals surface area contributed by atoms with Gasteiger partial charge in [-0.15, -0.1) is 11.3 Å². The standard InChI is InChI=1S/C14H19N3OS/c1-9-7-19-13-11(9)12(16-10(2)17-13)15-8-14(3)5-4-6-18-14/h7H,4-6,8H2,1-3H3,(H,15,16,17). The highest BCUT2D eigenvalue weighted by Gasteiger charge is 2.29. The quantitative estimate of drug-likeness (QED) is 0.935. The fraction of sp³-hybridized carbons (Fsp3) is 0.571. The van der Waals surface area contributed by atoms with Gasteiger partial charge in [-0.05, 0) is 44.6 Å². The lowest BCUT2D eigenvalue weighted by Crippen LogP contribution is -2.32. The molecule has 1 saturated heterocycles. The number of hydrogen-bond donors (Lipinski definition) is 1. The van der Waals surface area contributed by atoms with Gasteiger partial charge in [0, 0.05) is 13.2 Å². The van der Waals surface area contributed by atoms with Gasteiger partial charge in [-0.2, -0.15) is 0 Å². The number of thiophene rings is 1. The van der Waals surface area contributed by atoms with Crippen molar-refractivity contribution in [3.63, 3.8) is 0 Å². The maximum atomic E-state index is 5.81. The molecular formula is C14H19N3OS. The van der Waals surface area contributed by atoms with Gasteiger partial charge in [-0.1, -0.05) is 0 Å². The SMILES string of the molecule is Cc1nc(NCC2(C)CCCO2)c2c(C)csc2n1. The third kappa shape index (κ3) is 2.44. The topological polar surface area (TPSA) is 47.0 Å². The van der Waals surface area contributed by atoms with E-state index in [9.17, 15) is 0 Å². The molecule has 2 aromatic rings. The molecule has 1 fully saturated rings. The summed E-state index contributed by atoms with van der Waals surface area (Å²) in [7, 11) is 0. The van der Waals surface area contributed by atoms with Crippen LogP contribution in [-0.4, -0.2) is 28.7 Å². The Morgan fingerprint density at radius 1 is 1.42 bits per heavy atom. The van der Waals surface area contributed by atoms with Gasteiger partial charge in [-0.25, -0.2) is 9.97 Å². The van der Waals surface area contributed by atoms with Crippen molar-refractivity contribution in [3.05, 3.63) is 16.8 Å². The molecule has 0 spiro atoms. The van der Waals surface area contributed by atoms with E-state index in [1.165, 1.54) is 5.56 Å². The smallest absolute Gasteiger partial charge is 0.138 e. The Morgan fingerprint density at radius 3 is 3.00 bits per heavy atom. The molecule has 1 N–H and O–H groups in total. The molecule has 1 aliphatic heterocycles. The molecule has 3 rings (SSSR count). The third-order valence-corrected chi connectivity index (χ3v) is 4.65. The summed E-state index contributed by atoms with van der Waals surface area (Å²) >= 11 is 1.68. The maximum Gasteiger partial charge on any atom is 0.138 e. The Hall–Kier alpha value is -1.20. The zero-order valence-electron chi connectivity index (χ0n) is 11.6. The number of anilines is 1. The second-order valence-corrected chi connectivity index (χ2v) is 6.33. The molecule has 0 aromatic carbocycles. The molecule has 0 radical (unpaired) electrons. The summed E-state index contributed by atoms with van der Waals surface area (Å²) < 4.78 is 5.81. The number of ether oxygens (including phenoxy) is 1. The minimum absolute atomic E-state index is 0.0604. The first-order valence-corrected chi connectivity index (χ1v) is 7.56. The Balaban J connectivity index is 1.89. The van der Waals surface area contributed by atoms with Crippen molar-refractivity contribution >= 4 is 27.4 Å². The normalized spacial score (nSPS) is 23.1. The highest BCUT2D eigenvalue weighted by Crippen LogP contribution is 2.31. The molecular weight excluding hydrogens is 258 g/mol. The van der Waals surface area contributed by atoms with Gasteiger partial charge >= 0.3 is 0 Å². The van der Waals surface area contributed by atoms with Crippen LogP contribution in [0.2, 0.25) is 0 Å². The van der Waals surface area contributed by atoms with Gasteiger partial charge in [-0.3, -0.25) is 0 Å². The van der Waals surface area contributed by atoms with E-state index in [-0.39, 0.29) is 5.60 Å². The molecule has 4 nitrogen and oxygen atoms in total. The van der Waals surface area contributed by atoms with Crippen molar-refractivity contribution in [2.75, 3.05) is 18.5 Å².